The van der Waals surface area contributed by atoms with Gasteiger partial charge in [-0.25, -0.2) is 9.13 Å². The molecule has 0 aliphatic carbocycles. The Morgan fingerprint density at radius 3 is 0.660 bits per heavy atom. The fourth-order valence-corrected chi connectivity index (χ4v) is 13.0. The number of esters is 4. The Bertz CT molecular complexity index is 1850. The Morgan fingerprint density at radius 1 is 0.266 bits per heavy atom. The van der Waals surface area contributed by atoms with E-state index in [9.17, 15) is 43.2 Å². The minimum atomic E-state index is -4.96. The first kappa shape index (κ1) is 92.1. The molecule has 0 aromatic heterocycles. The van der Waals surface area contributed by atoms with E-state index in [1.165, 1.54) is 173 Å². The van der Waals surface area contributed by atoms with Crippen LogP contribution in [0.15, 0.2) is 0 Å². The second kappa shape index (κ2) is 64.4. The molecule has 19 heteroatoms. The third-order valence-corrected chi connectivity index (χ3v) is 19.2. The zero-order chi connectivity index (χ0) is 69.6. The molecule has 0 fully saturated rings. The van der Waals surface area contributed by atoms with Gasteiger partial charge in [-0.2, -0.15) is 0 Å². The van der Waals surface area contributed by atoms with Gasteiger partial charge in [-0.05, 0) is 49.4 Å². The average Bonchev–Trinajstić information content (AvgIpc) is 1.59. The Labute approximate surface area is 575 Å². The lowest BCUT2D eigenvalue weighted by atomic mass is 10.0. The monoisotopic (exact) mass is 1380 g/mol. The van der Waals surface area contributed by atoms with E-state index in [1.807, 2.05) is 0 Å². The lowest BCUT2D eigenvalue weighted by Gasteiger charge is -2.21. The SMILES string of the molecule is CC(C)CCCCCCCCCCCCCCCCCC(=O)O[C@H](COC(=O)CCCCCCCCCCCC(C)C)COP(=O)(O)OCC(O)COP(=O)(O)OC[C@@H](COC(=O)CCCCCCCCCC(C)C)OC(=O)CCCCCCCCCCCCCC(C)C. The van der Waals surface area contributed by atoms with Gasteiger partial charge in [0.15, 0.2) is 12.2 Å². The summed E-state index contributed by atoms with van der Waals surface area (Å²) in [7, 11) is -9.91. The molecule has 3 N–H and O–H groups in total. The van der Waals surface area contributed by atoms with Crippen LogP contribution < -0.4 is 0 Å². The molecule has 0 aliphatic heterocycles. The number of phosphoric acid groups is 2. The number of unbranched alkanes of at least 4 members (excludes halogenated alkanes) is 38. The van der Waals surface area contributed by atoms with Crippen molar-refractivity contribution in [2.45, 2.75) is 395 Å². The van der Waals surface area contributed by atoms with Crippen molar-refractivity contribution >= 4 is 39.5 Å². The van der Waals surface area contributed by atoms with Crippen LogP contribution in [0, 0.1) is 23.7 Å². The number of carbonyl (C=O) groups excluding carboxylic acids is 4. The van der Waals surface area contributed by atoms with E-state index in [1.54, 1.807) is 0 Å². The van der Waals surface area contributed by atoms with Crippen molar-refractivity contribution in [3.8, 4) is 0 Å². The molecule has 17 nitrogen and oxygen atoms in total. The second-order valence-electron chi connectivity index (χ2n) is 28.9. The maximum absolute atomic E-state index is 13.1. The molecule has 0 aromatic rings. The van der Waals surface area contributed by atoms with Crippen molar-refractivity contribution in [1.29, 1.82) is 0 Å². The highest BCUT2D eigenvalue weighted by Gasteiger charge is 2.30. The lowest BCUT2D eigenvalue weighted by molar-refractivity contribution is -0.161. The van der Waals surface area contributed by atoms with Crippen LogP contribution in [0.3, 0.4) is 0 Å². The van der Waals surface area contributed by atoms with Gasteiger partial charge in [0.05, 0.1) is 26.4 Å². The summed E-state index contributed by atoms with van der Waals surface area (Å²) in [5.41, 5.74) is 0. The van der Waals surface area contributed by atoms with Crippen molar-refractivity contribution in [3.63, 3.8) is 0 Å². The first-order chi connectivity index (χ1) is 45.1. The first-order valence-corrected chi connectivity index (χ1v) is 41.7. The molecule has 0 bridgehead atoms. The van der Waals surface area contributed by atoms with Crippen molar-refractivity contribution in [2.24, 2.45) is 23.7 Å². The number of rotatable bonds is 72. The number of ether oxygens (including phenoxy) is 4. The van der Waals surface area contributed by atoms with Crippen molar-refractivity contribution in [3.05, 3.63) is 0 Å². The van der Waals surface area contributed by atoms with Crippen LogP contribution in [0.4, 0.5) is 0 Å². The predicted octanol–water partition coefficient (Wildman–Crippen LogP) is 21.7. The molecule has 5 atom stereocenters. The van der Waals surface area contributed by atoms with Crippen molar-refractivity contribution in [2.75, 3.05) is 39.6 Å². The summed E-state index contributed by atoms with van der Waals surface area (Å²) in [6, 6.07) is 0. The summed E-state index contributed by atoms with van der Waals surface area (Å²) in [4.78, 5) is 72.8. The molecule has 558 valence electrons. The maximum Gasteiger partial charge on any atom is 0.472 e. The molecule has 0 radical (unpaired) electrons. The molecule has 0 aromatic carbocycles. The standard InChI is InChI=1S/C75H146O17P2/c1-65(2)51-43-35-27-20-15-12-10-9-11-13-17-23-32-41-49-57-74(79)91-70(61-85-72(77)55-47-39-31-25-19-22-29-37-45-53-67(5)6)63-89-93(81,82)87-59-69(76)60-88-94(83,84)90-64-71(62-86-73(78)56-48-40-34-26-30-38-46-54-68(7)8)92-75(80)58-50-42-33-24-18-14-16-21-28-36-44-52-66(3)4/h65-71,76H,9-64H2,1-8H3,(H,81,82)(H,83,84)/t69?,70-,71-/m1/s1. The molecule has 0 saturated heterocycles. The molecule has 3 unspecified atom stereocenters. The van der Waals surface area contributed by atoms with E-state index >= 15 is 0 Å². The molecule has 0 amide bonds. The fourth-order valence-electron chi connectivity index (χ4n) is 11.4. The van der Waals surface area contributed by atoms with Gasteiger partial charge in [0, 0.05) is 25.7 Å². The highest BCUT2D eigenvalue weighted by molar-refractivity contribution is 7.47. The normalized spacial score (nSPS) is 14.2. The van der Waals surface area contributed by atoms with Crippen LogP contribution in [-0.4, -0.2) is 96.7 Å². The zero-order valence-corrected chi connectivity index (χ0v) is 63.4. The average molecular weight is 1380 g/mol. The quantitative estimate of drug-likeness (QED) is 0.0222. The molecule has 0 heterocycles. The van der Waals surface area contributed by atoms with E-state index in [0.717, 1.165) is 114 Å². The van der Waals surface area contributed by atoms with Gasteiger partial charge in [-0.1, -0.05) is 325 Å². The molecule has 94 heavy (non-hydrogen) atoms. The molecule has 0 spiro atoms. The van der Waals surface area contributed by atoms with Crippen molar-refractivity contribution in [1.82, 2.24) is 0 Å². The highest BCUT2D eigenvalue weighted by Crippen LogP contribution is 2.45. The van der Waals surface area contributed by atoms with Crippen LogP contribution in [0.1, 0.15) is 376 Å². The summed E-state index contributed by atoms with van der Waals surface area (Å²) in [5, 5.41) is 10.6. The molecular formula is C75H146O17P2. The fraction of sp³-hybridized carbons (Fsp3) is 0.947. The Kier molecular flexibility index (Phi) is 63.1. The molecule has 0 aliphatic rings. The molecule has 0 rings (SSSR count). The summed E-state index contributed by atoms with van der Waals surface area (Å²) >= 11 is 0. The minimum absolute atomic E-state index is 0.105. The zero-order valence-electron chi connectivity index (χ0n) is 61.6. The number of hydrogen-bond donors (Lipinski definition) is 3. The highest BCUT2D eigenvalue weighted by atomic mass is 31.2. The van der Waals surface area contributed by atoms with E-state index < -0.39 is 97.5 Å². The van der Waals surface area contributed by atoms with Crippen LogP contribution in [-0.2, 0) is 65.4 Å². The Balaban J connectivity index is 5.24. The van der Waals surface area contributed by atoms with Crippen molar-refractivity contribution < 1.29 is 80.2 Å². The summed E-state index contributed by atoms with van der Waals surface area (Å²) < 4.78 is 68.5. The Morgan fingerprint density at radius 2 is 0.447 bits per heavy atom. The van der Waals surface area contributed by atoms with E-state index in [0.29, 0.717) is 31.6 Å². The van der Waals surface area contributed by atoms with Crippen LogP contribution in [0.2, 0.25) is 0 Å². The molecular weight excluding hydrogens is 1230 g/mol. The Hall–Kier alpha value is -1.94. The van der Waals surface area contributed by atoms with Gasteiger partial charge < -0.3 is 33.8 Å². The van der Waals surface area contributed by atoms with E-state index in [4.69, 9.17) is 37.0 Å². The number of carbonyl (C=O) groups is 4. The maximum atomic E-state index is 13.1. The predicted molar refractivity (Wildman–Crippen MR) is 381 cm³/mol. The topological polar surface area (TPSA) is 237 Å². The second-order valence-corrected chi connectivity index (χ2v) is 31.9. The summed E-state index contributed by atoms with van der Waals surface area (Å²) in [6.45, 7) is 14.1. The van der Waals surface area contributed by atoms with Gasteiger partial charge >= 0.3 is 39.5 Å². The first-order valence-electron chi connectivity index (χ1n) is 38.7. The molecule has 0 saturated carbocycles. The summed E-state index contributed by atoms with van der Waals surface area (Å²) in [6.07, 6.45) is 48.6. The summed E-state index contributed by atoms with van der Waals surface area (Å²) in [5.74, 6) is 0.894. The van der Waals surface area contributed by atoms with E-state index in [2.05, 4.69) is 55.4 Å². The van der Waals surface area contributed by atoms with E-state index in [-0.39, 0.29) is 25.7 Å². The van der Waals surface area contributed by atoms with Gasteiger partial charge in [0.25, 0.3) is 0 Å². The van der Waals surface area contributed by atoms with Gasteiger partial charge in [-0.15, -0.1) is 0 Å². The van der Waals surface area contributed by atoms with Gasteiger partial charge in [-0.3, -0.25) is 37.3 Å². The van der Waals surface area contributed by atoms with Gasteiger partial charge in [0.1, 0.15) is 19.3 Å². The smallest absolute Gasteiger partial charge is 0.462 e. The number of phosphoric ester groups is 2. The lowest BCUT2D eigenvalue weighted by Crippen LogP contribution is -2.30. The number of aliphatic hydroxyl groups excluding tert-OH is 1. The third-order valence-electron chi connectivity index (χ3n) is 17.3. The van der Waals surface area contributed by atoms with Crippen LogP contribution >= 0.6 is 15.6 Å². The number of hydrogen-bond acceptors (Lipinski definition) is 15. The van der Waals surface area contributed by atoms with Crippen LogP contribution in [0.25, 0.3) is 0 Å². The van der Waals surface area contributed by atoms with Gasteiger partial charge in [0.2, 0.25) is 0 Å². The number of aliphatic hydroxyl groups is 1. The largest absolute Gasteiger partial charge is 0.472 e. The minimum Gasteiger partial charge on any atom is -0.462 e. The third kappa shape index (κ3) is 68.6. The van der Waals surface area contributed by atoms with Crippen LogP contribution in [0.5, 0.6) is 0 Å².